The molecule has 2 N–H and O–H groups in total. The second-order valence-corrected chi connectivity index (χ2v) is 4.02. The summed E-state index contributed by atoms with van der Waals surface area (Å²) in [5.41, 5.74) is -0.328. The Morgan fingerprint density at radius 3 is 2.33 bits per heavy atom. The maximum atomic E-state index is 10.3. The predicted molar refractivity (Wildman–Crippen MR) is 65.1 cm³/mol. The standard InChI is InChI=1S/C6H7NO3.C5H11NO2/c1-2-6(9)10-4-3-7-5-8;1-5(2,3)6-4(7)8/h2H,1,3-4H2;6H,1-3H3,(H,7,8). The molecular weight excluding hydrogens is 240 g/mol. The molecule has 0 rings (SSSR count). The van der Waals surface area contributed by atoms with Crippen LogP contribution in [0.1, 0.15) is 20.8 Å². The highest BCUT2D eigenvalue weighted by molar-refractivity contribution is 5.81. The van der Waals surface area contributed by atoms with Crippen LogP contribution in [0.25, 0.3) is 0 Å². The largest absolute Gasteiger partial charge is 0.465 e. The number of carbonyl (C=O) groups excluding carboxylic acids is 2. The van der Waals surface area contributed by atoms with Crippen molar-refractivity contribution in [3.05, 3.63) is 12.7 Å². The van der Waals surface area contributed by atoms with E-state index in [0.29, 0.717) is 0 Å². The summed E-state index contributed by atoms with van der Waals surface area (Å²) in [6, 6.07) is 0. The highest BCUT2D eigenvalue weighted by Crippen LogP contribution is 1.96. The summed E-state index contributed by atoms with van der Waals surface area (Å²) in [6.07, 6.45) is 1.39. The van der Waals surface area contributed by atoms with E-state index < -0.39 is 12.1 Å². The SMILES string of the molecule is C=CC(=O)OCCN=C=O.CC(C)(C)NC(=O)O. The molecule has 1 amide bonds. The molecule has 18 heavy (non-hydrogen) atoms. The molecule has 102 valence electrons. The zero-order valence-corrected chi connectivity index (χ0v) is 10.7. The van der Waals surface area contributed by atoms with Crippen molar-refractivity contribution in [2.45, 2.75) is 26.3 Å². The number of hydrogen-bond acceptors (Lipinski definition) is 5. The molecule has 0 unspecified atom stereocenters. The quantitative estimate of drug-likeness (QED) is 0.258. The number of carboxylic acid groups (broad SMARTS) is 1. The maximum absolute atomic E-state index is 10.3. The summed E-state index contributed by atoms with van der Waals surface area (Å²) < 4.78 is 4.46. The summed E-state index contributed by atoms with van der Waals surface area (Å²) in [4.78, 5) is 32.8. The third-order valence-corrected chi connectivity index (χ3v) is 1.16. The molecule has 0 saturated heterocycles. The van der Waals surface area contributed by atoms with Crippen LogP contribution in [0.5, 0.6) is 0 Å². The Morgan fingerprint density at radius 1 is 1.50 bits per heavy atom. The van der Waals surface area contributed by atoms with Crippen molar-refractivity contribution in [3.63, 3.8) is 0 Å². The second kappa shape index (κ2) is 10.0. The first-order chi connectivity index (χ1) is 8.22. The summed E-state index contributed by atoms with van der Waals surface area (Å²) in [5.74, 6) is -0.513. The number of nitrogens with zero attached hydrogens (tertiary/aromatic N) is 1. The van der Waals surface area contributed by atoms with Gasteiger partial charge in [0.1, 0.15) is 6.61 Å². The van der Waals surface area contributed by atoms with Gasteiger partial charge in [-0.15, -0.1) is 0 Å². The van der Waals surface area contributed by atoms with E-state index in [-0.39, 0.29) is 18.7 Å². The van der Waals surface area contributed by atoms with Gasteiger partial charge < -0.3 is 15.2 Å². The molecule has 0 aromatic rings. The smallest absolute Gasteiger partial charge is 0.405 e. The van der Waals surface area contributed by atoms with Gasteiger partial charge in [0.05, 0.1) is 6.54 Å². The number of amides is 1. The Balaban J connectivity index is 0. The van der Waals surface area contributed by atoms with E-state index in [1.54, 1.807) is 20.8 Å². The minimum atomic E-state index is -0.975. The number of ether oxygens (including phenoxy) is 1. The molecule has 0 fully saturated rings. The molecule has 0 aromatic heterocycles. The topological polar surface area (TPSA) is 105 Å². The minimum absolute atomic E-state index is 0.0973. The van der Waals surface area contributed by atoms with Crippen LogP contribution in [-0.2, 0) is 14.3 Å². The van der Waals surface area contributed by atoms with Crippen LogP contribution < -0.4 is 5.32 Å². The lowest BCUT2D eigenvalue weighted by atomic mass is 10.1. The molecule has 7 heteroatoms. The van der Waals surface area contributed by atoms with Crippen LogP contribution in [0.3, 0.4) is 0 Å². The molecule has 0 spiro atoms. The third kappa shape index (κ3) is 19.4. The average molecular weight is 258 g/mol. The van der Waals surface area contributed by atoms with Crippen molar-refractivity contribution < 1.29 is 24.2 Å². The van der Waals surface area contributed by atoms with Gasteiger partial charge in [-0.3, -0.25) is 0 Å². The van der Waals surface area contributed by atoms with Crippen molar-refractivity contribution in [1.29, 1.82) is 0 Å². The number of esters is 1. The third-order valence-electron chi connectivity index (χ3n) is 1.16. The molecule has 0 heterocycles. The van der Waals surface area contributed by atoms with E-state index >= 15 is 0 Å². The highest BCUT2D eigenvalue weighted by Gasteiger charge is 2.10. The minimum Gasteiger partial charge on any atom is -0.465 e. The van der Waals surface area contributed by atoms with Gasteiger partial charge in [0.2, 0.25) is 6.08 Å². The fraction of sp³-hybridized carbons (Fsp3) is 0.545. The lowest BCUT2D eigenvalue weighted by Gasteiger charge is -2.16. The monoisotopic (exact) mass is 258 g/mol. The summed E-state index contributed by atoms with van der Waals surface area (Å²) in [6.45, 7) is 8.81. The van der Waals surface area contributed by atoms with Crippen molar-refractivity contribution in [2.75, 3.05) is 13.2 Å². The molecule has 0 atom stereocenters. The average Bonchev–Trinajstić information content (AvgIpc) is 2.21. The summed E-state index contributed by atoms with van der Waals surface area (Å²) in [5, 5.41) is 10.4. The van der Waals surface area contributed by atoms with E-state index in [4.69, 9.17) is 5.11 Å². The van der Waals surface area contributed by atoms with Gasteiger partial charge in [0.15, 0.2) is 0 Å². The van der Waals surface area contributed by atoms with Crippen molar-refractivity contribution in [2.24, 2.45) is 4.99 Å². The van der Waals surface area contributed by atoms with E-state index in [0.717, 1.165) is 6.08 Å². The Hall–Kier alpha value is -2.14. The first kappa shape index (κ1) is 18.2. The molecule has 0 aliphatic carbocycles. The zero-order chi connectivity index (χ0) is 14.6. The van der Waals surface area contributed by atoms with E-state index in [1.165, 1.54) is 6.08 Å². The van der Waals surface area contributed by atoms with Gasteiger partial charge >= 0.3 is 12.1 Å². The maximum Gasteiger partial charge on any atom is 0.405 e. The number of hydrogen-bond donors (Lipinski definition) is 2. The number of carbonyl (C=O) groups is 2. The second-order valence-electron chi connectivity index (χ2n) is 4.02. The van der Waals surface area contributed by atoms with Gasteiger partial charge in [-0.2, -0.15) is 0 Å². The Labute approximate surface area is 106 Å². The Morgan fingerprint density at radius 2 is 2.06 bits per heavy atom. The zero-order valence-electron chi connectivity index (χ0n) is 10.7. The molecule has 0 aliphatic heterocycles. The molecule has 0 bridgehead atoms. The van der Waals surface area contributed by atoms with Gasteiger partial charge in [0.25, 0.3) is 0 Å². The molecule has 0 aliphatic rings. The van der Waals surface area contributed by atoms with Gasteiger partial charge in [-0.25, -0.2) is 19.4 Å². The van der Waals surface area contributed by atoms with Crippen LogP contribution in [0, 0.1) is 0 Å². The number of isocyanates is 1. The fourth-order valence-electron chi connectivity index (χ4n) is 0.617. The van der Waals surface area contributed by atoms with Crippen LogP contribution in [0.2, 0.25) is 0 Å². The van der Waals surface area contributed by atoms with Crippen LogP contribution in [0.15, 0.2) is 17.6 Å². The Bertz CT molecular complexity index is 327. The van der Waals surface area contributed by atoms with Gasteiger partial charge in [0, 0.05) is 11.6 Å². The number of nitrogens with one attached hydrogen (secondary N) is 1. The lowest BCUT2D eigenvalue weighted by Crippen LogP contribution is -2.39. The van der Waals surface area contributed by atoms with E-state index in [1.807, 2.05) is 0 Å². The van der Waals surface area contributed by atoms with Crippen molar-refractivity contribution in [1.82, 2.24) is 5.32 Å². The molecule has 0 radical (unpaired) electrons. The van der Waals surface area contributed by atoms with Crippen LogP contribution in [-0.4, -0.2) is 41.9 Å². The number of rotatable bonds is 4. The molecule has 0 saturated carbocycles. The highest BCUT2D eigenvalue weighted by atomic mass is 16.5. The first-order valence-corrected chi connectivity index (χ1v) is 5.07. The Kier molecular flexibility index (Phi) is 10.2. The van der Waals surface area contributed by atoms with Gasteiger partial charge in [-0.05, 0) is 20.8 Å². The van der Waals surface area contributed by atoms with Crippen LogP contribution >= 0.6 is 0 Å². The molecule has 7 nitrogen and oxygen atoms in total. The fourth-order valence-corrected chi connectivity index (χ4v) is 0.617. The van der Waals surface area contributed by atoms with Gasteiger partial charge in [-0.1, -0.05) is 6.58 Å². The predicted octanol–water partition coefficient (Wildman–Crippen LogP) is 1.10. The van der Waals surface area contributed by atoms with E-state index in [2.05, 4.69) is 21.6 Å². The normalized spacial score (nSPS) is 9.06. The molecular formula is C11H18N2O5. The summed E-state index contributed by atoms with van der Waals surface area (Å²) in [7, 11) is 0. The number of aliphatic imine (C=N–C) groups is 1. The van der Waals surface area contributed by atoms with E-state index in [9.17, 15) is 14.4 Å². The summed E-state index contributed by atoms with van der Waals surface area (Å²) >= 11 is 0. The first-order valence-electron chi connectivity index (χ1n) is 5.07. The lowest BCUT2D eigenvalue weighted by molar-refractivity contribution is -0.137. The van der Waals surface area contributed by atoms with Crippen molar-refractivity contribution >= 4 is 18.1 Å². The van der Waals surface area contributed by atoms with Crippen molar-refractivity contribution in [3.8, 4) is 0 Å². The van der Waals surface area contributed by atoms with Crippen LogP contribution in [0.4, 0.5) is 4.79 Å². The molecule has 0 aromatic carbocycles.